The number of alkyl halides is 2. The molecular weight excluding hydrogens is 272 g/mol. The molecule has 0 bridgehead atoms. The topological polar surface area (TPSA) is 21.3 Å². The molecule has 118 valence electrons. The second kappa shape index (κ2) is 7.21. The standard InChI is InChI=1S/C17H25F2NO/c1-11-8-9-14(10-12(11)2)20-13(3)15-6-4-5-7-16(15)21-17(18)19/h4-7,11-14,17,20H,8-10H2,1-3H3. The van der Waals surface area contributed by atoms with Crippen LogP contribution in [-0.2, 0) is 0 Å². The third kappa shape index (κ3) is 4.40. The molecule has 1 aliphatic carbocycles. The van der Waals surface area contributed by atoms with Crippen molar-refractivity contribution in [1.82, 2.24) is 5.32 Å². The van der Waals surface area contributed by atoms with Crippen LogP contribution < -0.4 is 10.1 Å². The van der Waals surface area contributed by atoms with E-state index in [-0.39, 0.29) is 11.8 Å². The number of ether oxygens (including phenoxy) is 1. The molecule has 1 aromatic carbocycles. The van der Waals surface area contributed by atoms with Gasteiger partial charge in [0.1, 0.15) is 5.75 Å². The normalized spacial score (nSPS) is 27.6. The van der Waals surface area contributed by atoms with Crippen LogP contribution in [0.3, 0.4) is 0 Å². The predicted molar refractivity (Wildman–Crippen MR) is 80.6 cm³/mol. The van der Waals surface area contributed by atoms with Gasteiger partial charge in [0.25, 0.3) is 0 Å². The van der Waals surface area contributed by atoms with E-state index in [1.807, 2.05) is 19.1 Å². The van der Waals surface area contributed by atoms with Gasteiger partial charge in [-0.05, 0) is 44.1 Å². The highest BCUT2D eigenvalue weighted by Gasteiger charge is 2.26. The number of rotatable bonds is 5. The molecule has 4 heteroatoms. The third-order valence-corrected chi connectivity index (χ3v) is 4.69. The second-order valence-electron chi connectivity index (χ2n) is 6.27. The molecule has 0 amide bonds. The van der Waals surface area contributed by atoms with Crippen LogP contribution in [0.1, 0.15) is 51.6 Å². The van der Waals surface area contributed by atoms with E-state index in [2.05, 4.69) is 23.9 Å². The molecule has 0 saturated heterocycles. The van der Waals surface area contributed by atoms with Crippen molar-refractivity contribution >= 4 is 0 Å². The van der Waals surface area contributed by atoms with Gasteiger partial charge < -0.3 is 10.1 Å². The Balaban J connectivity index is 2.01. The van der Waals surface area contributed by atoms with Crippen LogP contribution >= 0.6 is 0 Å². The van der Waals surface area contributed by atoms with Gasteiger partial charge in [0.15, 0.2) is 0 Å². The van der Waals surface area contributed by atoms with E-state index in [1.165, 1.54) is 6.42 Å². The van der Waals surface area contributed by atoms with Gasteiger partial charge in [0.05, 0.1) is 0 Å². The summed E-state index contributed by atoms with van der Waals surface area (Å²) in [6.07, 6.45) is 3.51. The molecule has 0 heterocycles. The SMILES string of the molecule is CC(NC1CCC(C)C(C)C1)c1ccccc1OC(F)F. The molecule has 2 nitrogen and oxygen atoms in total. The summed E-state index contributed by atoms with van der Waals surface area (Å²) in [5, 5.41) is 3.57. The highest BCUT2D eigenvalue weighted by molar-refractivity contribution is 5.35. The zero-order valence-corrected chi connectivity index (χ0v) is 13.0. The number of hydrogen-bond acceptors (Lipinski definition) is 2. The minimum absolute atomic E-state index is 0.00514. The summed E-state index contributed by atoms with van der Waals surface area (Å²) in [5.74, 6) is 1.74. The van der Waals surface area contributed by atoms with Gasteiger partial charge in [-0.1, -0.05) is 32.0 Å². The number of para-hydroxylation sites is 1. The predicted octanol–water partition coefficient (Wildman–Crippen LogP) is 4.76. The molecule has 1 saturated carbocycles. The van der Waals surface area contributed by atoms with E-state index < -0.39 is 6.61 Å². The second-order valence-corrected chi connectivity index (χ2v) is 6.27. The Labute approximate surface area is 125 Å². The number of halogens is 2. The zero-order valence-electron chi connectivity index (χ0n) is 13.0. The number of hydrogen-bond donors (Lipinski definition) is 1. The zero-order chi connectivity index (χ0) is 15.4. The monoisotopic (exact) mass is 297 g/mol. The van der Waals surface area contributed by atoms with Crippen molar-refractivity contribution in [2.75, 3.05) is 0 Å². The highest BCUT2D eigenvalue weighted by Crippen LogP contribution is 2.32. The average molecular weight is 297 g/mol. The first kappa shape index (κ1) is 16.2. The Bertz CT molecular complexity index is 452. The lowest BCUT2D eigenvalue weighted by Crippen LogP contribution is -2.37. The summed E-state index contributed by atoms with van der Waals surface area (Å²) in [7, 11) is 0. The van der Waals surface area contributed by atoms with Crippen molar-refractivity contribution in [2.24, 2.45) is 11.8 Å². The van der Waals surface area contributed by atoms with E-state index in [0.717, 1.165) is 24.3 Å². The van der Waals surface area contributed by atoms with E-state index in [9.17, 15) is 8.78 Å². The molecule has 0 aliphatic heterocycles. The summed E-state index contributed by atoms with van der Waals surface area (Å²) in [4.78, 5) is 0. The molecule has 4 atom stereocenters. The first-order chi connectivity index (χ1) is 9.97. The Morgan fingerprint density at radius 3 is 2.52 bits per heavy atom. The lowest BCUT2D eigenvalue weighted by molar-refractivity contribution is -0.0507. The van der Waals surface area contributed by atoms with Gasteiger partial charge in [0.2, 0.25) is 0 Å². The summed E-state index contributed by atoms with van der Waals surface area (Å²) in [6, 6.07) is 7.49. The van der Waals surface area contributed by atoms with Gasteiger partial charge in [0, 0.05) is 17.6 Å². The molecule has 4 unspecified atom stereocenters. The molecule has 1 N–H and O–H groups in total. The summed E-state index contributed by atoms with van der Waals surface area (Å²) in [6.45, 7) is 3.82. The van der Waals surface area contributed by atoms with Gasteiger partial charge in [-0.15, -0.1) is 0 Å². The third-order valence-electron chi connectivity index (χ3n) is 4.69. The fourth-order valence-electron chi connectivity index (χ4n) is 3.18. The maximum absolute atomic E-state index is 12.5. The first-order valence-corrected chi connectivity index (χ1v) is 7.77. The Hall–Kier alpha value is -1.16. The summed E-state index contributed by atoms with van der Waals surface area (Å²) >= 11 is 0. The van der Waals surface area contributed by atoms with Crippen molar-refractivity contribution in [2.45, 2.75) is 58.7 Å². The van der Waals surface area contributed by atoms with Crippen molar-refractivity contribution in [3.8, 4) is 5.75 Å². The maximum atomic E-state index is 12.5. The van der Waals surface area contributed by atoms with Crippen molar-refractivity contribution in [1.29, 1.82) is 0 Å². The Morgan fingerprint density at radius 2 is 1.86 bits per heavy atom. The van der Waals surface area contributed by atoms with Crippen LogP contribution in [0.5, 0.6) is 5.75 Å². The fourth-order valence-corrected chi connectivity index (χ4v) is 3.18. The summed E-state index contributed by atoms with van der Waals surface area (Å²) < 4.78 is 29.6. The van der Waals surface area contributed by atoms with Crippen LogP contribution in [0.2, 0.25) is 0 Å². The lowest BCUT2D eigenvalue weighted by atomic mass is 9.79. The van der Waals surface area contributed by atoms with Crippen molar-refractivity contribution in [3.63, 3.8) is 0 Å². The molecule has 1 aromatic rings. The number of benzene rings is 1. The number of nitrogens with one attached hydrogen (secondary N) is 1. The first-order valence-electron chi connectivity index (χ1n) is 7.77. The van der Waals surface area contributed by atoms with Crippen molar-refractivity contribution < 1.29 is 13.5 Å². The molecular formula is C17H25F2NO. The van der Waals surface area contributed by atoms with Crippen LogP contribution in [0.15, 0.2) is 24.3 Å². The molecule has 2 rings (SSSR count). The average Bonchev–Trinajstić information content (AvgIpc) is 2.43. The maximum Gasteiger partial charge on any atom is 0.387 e. The fraction of sp³-hybridized carbons (Fsp3) is 0.647. The van der Waals surface area contributed by atoms with Gasteiger partial charge >= 0.3 is 6.61 Å². The smallest absolute Gasteiger partial charge is 0.387 e. The van der Waals surface area contributed by atoms with E-state index >= 15 is 0 Å². The molecule has 0 spiro atoms. The van der Waals surface area contributed by atoms with Gasteiger partial charge in [-0.2, -0.15) is 8.78 Å². The molecule has 1 fully saturated rings. The van der Waals surface area contributed by atoms with E-state index in [4.69, 9.17) is 0 Å². The van der Waals surface area contributed by atoms with Crippen LogP contribution in [0.4, 0.5) is 8.78 Å². The van der Waals surface area contributed by atoms with Crippen LogP contribution in [0.25, 0.3) is 0 Å². The Kier molecular flexibility index (Phi) is 5.57. The van der Waals surface area contributed by atoms with Crippen molar-refractivity contribution in [3.05, 3.63) is 29.8 Å². The highest BCUT2D eigenvalue weighted by atomic mass is 19.3. The van der Waals surface area contributed by atoms with Crippen LogP contribution in [0, 0.1) is 11.8 Å². The van der Waals surface area contributed by atoms with Crippen LogP contribution in [-0.4, -0.2) is 12.7 Å². The lowest BCUT2D eigenvalue weighted by Gasteiger charge is -2.34. The quantitative estimate of drug-likeness (QED) is 0.845. The molecule has 1 aliphatic rings. The molecule has 0 radical (unpaired) electrons. The van der Waals surface area contributed by atoms with E-state index in [1.54, 1.807) is 12.1 Å². The molecule has 21 heavy (non-hydrogen) atoms. The minimum Gasteiger partial charge on any atom is -0.434 e. The van der Waals surface area contributed by atoms with E-state index in [0.29, 0.717) is 12.0 Å². The van der Waals surface area contributed by atoms with Gasteiger partial charge in [-0.25, -0.2) is 0 Å². The summed E-state index contributed by atoms with van der Waals surface area (Å²) in [5.41, 5.74) is 0.795. The minimum atomic E-state index is -2.78. The largest absolute Gasteiger partial charge is 0.434 e. The van der Waals surface area contributed by atoms with Gasteiger partial charge in [-0.3, -0.25) is 0 Å². The Morgan fingerprint density at radius 1 is 1.14 bits per heavy atom. The molecule has 0 aromatic heterocycles.